The first-order chi connectivity index (χ1) is 10.6. The number of nitro groups is 1. The minimum absolute atomic E-state index is 0.0559. The molecule has 2 aromatic heterocycles. The summed E-state index contributed by atoms with van der Waals surface area (Å²) in [7, 11) is -1.25. The summed E-state index contributed by atoms with van der Waals surface area (Å²) in [5, 5.41) is 19.3. The topological polar surface area (TPSA) is 99.1 Å². The van der Waals surface area contributed by atoms with E-state index in [0.717, 1.165) is 11.3 Å². The van der Waals surface area contributed by atoms with Gasteiger partial charge in [0.1, 0.15) is 10.8 Å². The molecule has 0 saturated heterocycles. The zero-order valence-corrected chi connectivity index (χ0v) is 12.9. The quantitative estimate of drug-likeness (QED) is 0.536. The van der Waals surface area contributed by atoms with Gasteiger partial charge in [0, 0.05) is 29.5 Å². The first-order valence-electron chi connectivity index (χ1n) is 6.06. The van der Waals surface area contributed by atoms with Crippen molar-refractivity contribution < 1.29 is 13.5 Å². The Bertz CT molecular complexity index is 858. The molecule has 0 bridgehead atoms. The van der Waals surface area contributed by atoms with Crippen molar-refractivity contribution in [1.29, 1.82) is 0 Å². The van der Waals surface area contributed by atoms with Crippen molar-refractivity contribution in [2.45, 2.75) is 4.34 Å². The van der Waals surface area contributed by atoms with Gasteiger partial charge < -0.3 is 4.42 Å². The highest BCUT2D eigenvalue weighted by Gasteiger charge is 2.19. The van der Waals surface area contributed by atoms with Crippen molar-refractivity contribution in [1.82, 2.24) is 10.2 Å². The molecular weight excluding hydrogens is 326 g/mol. The molecule has 1 aromatic carbocycles. The molecule has 7 nitrogen and oxygen atoms in total. The number of nitro benzene ring substituents is 1. The predicted octanol–water partition coefficient (Wildman–Crippen LogP) is 3.11. The fraction of sp³-hybridized carbons (Fsp3) is 0.0769. The Morgan fingerprint density at radius 1 is 1.27 bits per heavy atom. The summed E-state index contributed by atoms with van der Waals surface area (Å²) in [5.41, 5.74) is 1.14. The van der Waals surface area contributed by atoms with E-state index in [2.05, 4.69) is 10.2 Å². The summed E-state index contributed by atoms with van der Waals surface area (Å²) in [6, 6.07) is 7.91. The maximum atomic E-state index is 11.5. The van der Waals surface area contributed by atoms with Gasteiger partial charge in [-0.2, -0.15) is 0 Å². The molecule has 0 fully saturated rings. The van der Waals surface area contributed by atoms with Gasteiger partial charge in [0.2, 0.25) is 4.34 Å². The minimum atomic E-state index is -1.25. The van der Waals surface area contributed by atoms with Crippen LogP contribution in [0.25, 0.3) is 21.9 Å². The Balaban J connectivity index is 2.19. The fourth-order valence-electron chi connectivity index (χ4n) is 1.90. The third-order valence-electron chi connectivity index (χ3n) is 2.88. The summed E-state index contributed by atoms with van der Waals surface area (Å²) >= 11 is 1.14. The van der Waals surface area contributed by atoms with E-state index in [0.29, 0.717) is 26.2 Å². The summed E-state index contributed by atoms with van der Waals surface area (Å²) in [6.07, 6.45) is 3.03. The number of furan rings is 1. The lowest BCUT2D eigenvalue weighted by Gasteiger charge is -2.04. The molecule has 22 heavy (non-hydrogen) atoms. The smallest absolute Gasteiger partial charge is 0.270 e. The molecular formula is C13H9N3O4S2. The largest absolute Gasteiger partial charge is 0.464 e. The molecule has 0 spiro atoms. The number of benzene rings is 1. The highest BCUT2D eigenvalue weighted by molar-refractivity contribution is 7.86. The lowest BCUT2D eigenvalue weighted by atomic mass is 10.0. The lowest BCUT2D eigenvalue weighted by Crippen LogP contribution is -1.90. The molecule has 0 amide bonds. The number of hydrogen-bond acceptors (Lipinski definition) is 7. The van der Waals surface area contributed by atoms with Gasteiger partial charge in [-0.1, -0.05) is 11.3 Å². The number of non-ortho nitro benzene ring substituents is 1. The van der Waals surface area contributed by atoms with Crippen molar-refractivity contribution in [3.05, 3.63) is 46.7 Å². The first-order valence-corrected chi connectivity index (χ1v) is 8.43. The van der Waals surface area contributed by atoms with Gasteiger partial charge in [0.05, 0.1) is 22.0 Å². The third-order valence-corrected chi connectivity index (χ3v) is 5.16. The number of hydrogen-bond donors (Lipinski definition) is 0. The maximum Gasteiger partial charge on any atom is 0.270 e. The molecule has 0 aliphatic rings. The molecule has 0 aliphatic carbocycles. The number of aromatic nitrogens is 2. The first kappa shape index (κ1) is 14.5. The SMILES string of the molecule is CS(=O)c1nnc(-c2cc([N+](=O)[O-])ccc2-c2ccco2)s1. The van der Waals surface area contributed by atoms with Gasteiger partial charge in [-0.05, 0) is 18.2 Å². The third kappa shape index (κ3) is 2.68. The van der Waals surface area contributed by atoms with Crippen LogP contribution in [0.3, 0.4) is 0 Å². The van der Waals surface area contributed by atoms with E-state index in [9.17, 15) is 14.3 Å². The number of rotatable bonds is 4. The minimum Gasteiger partial charge on any atom is -0.464 e. The van der Waals surface area contributed by atoms with E-state index < -0.39 is 15.7 Å². The van der Waals surface area contributed by atoms with Crippen LogP contribution in [-0.2, 0) is 10.8 Å². The van der Waals surface area contributed by atoms with Crippen LogP contribution in [-0.4, -0.2) is 25.6 Å². The maximum absolute atomic E-state index is 11.5. The van der Waals surface area contributed by atoms with Gasteiger partial charge in [0.15, 0.2) is 0 Å². The highest BCUT2D eigenvalue weighted by Crippen LogP contribution is 2.36. The van der Waals surface area contributed by atoms with Crippen LogP contribution in [0.5, 0.6) is 0 Å². The van der Waals surface area contributed by atoms with Crippen LogP contribution in [0, 0.1) is 10.1 Å². The van der Waals surface area contributed by atoms with Gasteiger partial charge in [-0.25, -0.2) is 0 Å². The van der Waals surface area contributed by atoms with E-state index in [4.69, 9.17) is 4.42 Å². The molecule has 0 saturated carbocycles. The standard InChI is InChI=1S/C13H9N3O4S2/c1-22(19)13-15-14-12(21-13)10-7-8(16(17)18)4-5-9(10)11-3-2-6-20-11/h2-7H,1H3. The Labute approximate surface area is 131 Å². The zero-order chi connectivity index (χ0) is 15.7. The second-order valence-corrected chi connectivity index (χ2v) is 6.82. The molecule has 112 valence electrons. The van der Waals surface area contributed by atoms with Crippen LogP contribution in [0.2, 0.25) is 0 Å². The van der Waals surface area contributed by atoms with Gasteiger partial charge in [-0.3, -0.25) is 14.3 Å². The molecule has 0 N–H and O–H groups in total. The van der Waals surface area contributed by atoms with E-state index in [1.165, 1.54) is 24.7 Å². The van der Waals surface area contributed by atoms with Crippen molar-refractivity contribution in [3.8, 4) is 21.9 Å². The van der Waals surface area contributed by atoms with Gasteiger partial charge in [-0.15, -0.1) is 10.2 Å². The fourth-order valence-corrected chi connectivity index (χ4v) is 3.37. The lowest BCUT2D eigenvalue weighted by molar-refractivity contribution is -0.384. The van der Waals surface area contributed by atoms with Crippen LogP contribution < -0.4 is 0 Å². The van der Waals surface area contributed by atoms with Crippen molar-refractivity contribution in [2.75, 3.05) is 6.26 Å². The second kappa shape index (κ2) is 5.78. The van der Waals surface area contributed by atoms with Gasteiger partial charge >= 0.3 is 0 Å². The predicted molar refractivity (Wildman–Crippen MR) is 82.0 cm³/mol. The van der Waals surface area contributed by atoms with Crippen LogP contribution in [0.1, 0.15) is 0 Å². The van der Waals surface area contributed by atoms with Crippen LogP contribution in [0.4, 0.5) is 5.69 Å². The van der Waals surface area contributed by atoms with E-state index in [1.807, 2.05) is 0 Å². The monoisotopic (exact) mass is 335 g/mol. The van der Waals surface area contributed by atoms with E-state index in [-0.39, 0.29) is 5.69 Å². The molecule has 9 heteroatoms. The summed E-state index contributed by atoms with van der Waals surface area (Å²) in [6.45, 7) is 0. The molecule has 3 rings (SSSR count). The molecule has 1 atom stereocenters. The second-order valence-electron chi connectivity index (χ2n) is 4.29. The highest BCUT2D eigenvalue weighted by atomic mass is 32.2. The Kier molecular flexibility index (Phi) is 3.82. The van der Waals surface area contributed by atoms with Crippen molar-refractivity contribution in [2.24, 2.45) is 0 Å². The molecule has 3 aromatic rings. The van der Waals surface area contributed by atoms with E-state index >= 15 is 0 Å². The summed E-state index contributed by atoms with van der Waals surface area (Å²) < 4.78 is 17.2. The van der Waals surface area contributed by atoms with Crippen LogP contribution >= 0.6 is 11.3 Å². The van der Waals surface area contributed by atoms with Gasteiger partial charge in [0.25, 0.3) is 5.69 Å². The Morgan fingerprint density at radius 3 is 2.68 bits per heavy atom. The van der Waals surface area contributed by atoms with E-state index in [1.54, 1.807) is 18.2 Å². The number of nitrogens with zero attached hydrogens (tertiary/aromatic N) is 3. The Hall–Kier alpha value is -2.39. The average molecular weight is 335 g/mol. The molecule has 1 unspecified atom stereocenters. The van der Waals surface area contributed by atoms with Crippen molar-refractivity contribution in [3.63, 3.8) is 0 Å². The average Bonchev–Trinajstić information content (AvgIpc) is 3.18. The molecule has 0 aliphatic heterocycles. The molecule has 0 radical (unpaired) electrons. The Morgan fingerprint density at radius 2 is 2.09 bits per heavy atom. The van der Waals surface area contributed by atoms with Crippen LogP contribution in [0.15, 0.2) is 45.4 Å². The molecule has 2 heterocycles. The zero-order valence-electron chi connectivity index (χ0n) is 11.3. The summed E-state index contributed by atoms with van der Waals surface area (Å²) in [5.74, 6) is 0.569. The van der Waals surface area contributed by atoms with Crippen molar-refractivity contribution >= 4 is 27.8 Å². The normalized spacial score (nSPS) is 12.2. The summed E-state index contributed by atoms with van der Waals surface area (Å²) in [4.78, 5) is 10.5.